The SMILES string of the molecule is CCOC(=O)c1c(S(=O)(=O)N2CCC[C@H](C(=O)Nc3ccc(C)c(C)c3)C2)c(C)n(CC)c1C. The number of sulfonamides is 1. The molecule has 2 heterocycles. The molecular formula is C25H35N3O5S. The molecule has 1 fully saturated rings. The number of rotatable bonds is 7. The molecule has 1 N–H and O–H groups in total. The van der Waals surface area contributed by atoms with Crippen molar-refractivity contribution in [2.45, 2.75) is 65.8 Å². The second-order valence-corrected chi connectivity index (χ2v) is 10.7. The Morgan fingerprint density at radius 2 is 1.79 bits per heavy atom. The quantitative estimate of drug-likeness (QED) is 0.594. The Kier molecular flexibility index (Phi) is 7.88. The molecule has 1 aliphatic heterocycles. The molecule has 0 bridgehead atoms. The lowest BCUT2D eigenvalue weighted by Gasteiger charge is -2.31. The fourth-order valence-corrected chi connectivity index (χ4v) is 6.63. The number of hydrogen-bond acceptors (Lipinski definition) is 5. The summed E-state index contributed by atoms with van der Waals surface area (Å²) in [5.41, 5.74) is 4.06. The van der Waals surface area contributed by atoms with Crippen LogP contribution in [0.5, 0.6) is 0 Å². The Balaban J connectivity index is 1.90. The number of anilines is 1. The van der Waals surface area contributed by atoms with Crippen LogP contribution in [0, 0.1) is 33.6 Å². The molecule has 1 saturated heterocycles. The fourth-order valence-electron chi connectivity index (χ4n) is 4.66. The van der Waals surface area contributed by atoms with Crippen LogP contribution in [0.15, 0.2) is 23.1 Å². The van der Waals surface area contributed by atoms with Gasteiger partial charge in [0.2, 0.25) is 15.9 Å². The van der Waals surface area contributed by atoms with Gasteiger partial charge in [0, 0.05) is 36.7 Å². The van der Waals surface area contributed by atoms with Gasteiger partial charge in [-0.1, -0.05) is 6.07 Å². The Hall–Kier alpha value is -2.65. The van der Waals surface area contributed by atoms with Gasteiger partial charge in [0.1, 0.15) is 10.5 Å². The first-order chi connectivity index (χ1) is 16.0. The normalized spacial score (nSPS) is 16.9. The maximum absolute atomic E-state index is 13.8. The van der Waals surface area contributed by atoms with Crippen molar-refractivity contribution in [2.75, 3.05) is 25.0 Å². The van der Waals surface area contributed by atoms with E-state index < -0.39 is 21.9 Å². The molecular weight excluding hydrogens is 454 g/mol. The van der Waals surface area contributed by atoms with E-state index in [9.17, 15) is 18.0 Å². The summed E-state index contributed by atoms with van der Waals surface area (Å²) in [5, 5.41) is 2.93. The zero-order valence-electron chi connectivity index (χ0n) is 20.9. The van der Waals surface area contributed by atoms with Gasteiger partial charge in [0.15, 0.2) is 0 Å². The third-order valence-corrected chi connectivity index (χ3v) is 8.68. The predicted octanol–water partition coefficient (Wildman–Crippen LogP) is 3.96. The monoisotopic (exact) mass is 489 g/mol. The lowest BCUT2D eigenvalue weighted by atomic mass is 9.98. The van der Waals surface area contributed by atoms with Gasteiger partial charge in [-0.15, -0.1) is 0 Å². The number of amides is 1. The highest BCUT2D eigenvalue weighted by Crippen LogP contribution is 2.33. The summed E-state index contributed by atoms with van der Waals surface area (Å²) < 4.78 is 35.9. The van der Waals surface area contributed by atoms with Gasteiger partial charge >= 0.3 is 5.97 Å². The van der Waals surface area contributed by atoms with Crippen molar-refractivity contribution in [3.05, 3.63) is 46.3 Å². The first-order valence-electron chi connectivity index (χ1n) is 11.8. The minimum absolute atomic E-state index is 0.0134. The summed E-state index contributed by atoms with van der Waals surface area (Å²) >= 11 is 0. The van der Waals surface area contributed by atoms with Gasteiger partial charge in [0.05, 0.1) is 12.5 Å². The van der Waals surface area contributed by atoms with Crippen molar-refractivity contribution in [3.8, 4) is 0 Å². The maximum Gasteiger partial charge on any atom is 0.341 e. The van der Waals surface area contributed by atoms with E-state index in [0.29, 0.717) is 43.0 Å². The van der Waals surface area contributed by atoms with Crippen LogP contribution in [0.4, 0.5) is 5.69 Å². The molecule has 186 valence electrons. The molecule has 9 heteroatoms. The van der Waals surface area contributed by atoms with E-state index in [-0.39, 0.29) is 29.5 Å². The molecule has 3 rings (SSSR count). The van der Waals surface area contributed by atoms with Crippen LogP contribution in [0.1, 0.15) is 59.6 Å². The number of esters is 1. The molecule has 1 atom stereocenters. The molecule has 1 aromatic heterocycles. The average Bonchev–Trinajstić information content (AvgIpc) is 3.06. The largest absolute Gasteiger partial charge is 0.462 e. The number of carbonyl (C=O) groups excluding carboxylic acids is 2. The zero-order valence-corrected chi connectivity index (χ0v) is 21.7. The van der Waals surface area contributed by atoms with E-state index in [1.807, 2.05) is 43.5 Å². The number of nitrogens with zero attached hydrogens (tertiary/aromatic N) is 2. The number of benzene rings is 1. The van der Waals surface area contributed by atoms with Gasteiger partial charge < -0.3 is 14.6 Å². The zero-order chi connectivity index (χ0) is 25.2. The van der Waals surface area contributed by atoms with Crippen molar-refractivity contribution in [1.29, 1.82) is 0 Å². The Morgan fingerprint density at radius 3 is 2.41 bits per heavy atom. The summed E-state index contributed by atoms with van der Waals surface area (Å²) in [5.74, 6) is -1.33. The molecule has 0 saturated carbocycles. The molecule has 2 aromatic rings. The van der Waals surface area contributed by atoms with Crippen LogP contribution < -0.4 is 5.32 Å². The Morgan fingerprint density at radius 1 is 1.09 bits per heavy atom. The highest BCUT2D eigenvalue weighted by molar-refractivity contribution is 7.89. The predicted molar refractivity (Wildman–Crippen MR) is 132 cm³/mol. The van der Waals surface area contributed by atoms with Crippen LogP contribution in [0.2, 0.25) is 0 Å². The molecule has 0 spiro atoms. The highest BCUT2D eigenvalue weighted by atomic mass is 32.2. The van der Waals surface area contributed by atoms with Crippen LogP contribution in [0.25, 0.3) is 0 Å². The van der Waals surface area contributed by atoms with Gasteiger partial charge in [-0.2, -0.15) is 4.31 Å². The third-order valence-electron chi connectivity index (χ3n) is 6.65. The van der Waals surface area contributed by atoms with Crippen molar-refractivity contribution in [3.63, 3.8) is 0 Å². The molecule has 0 aliphatic carbocycles. The van der Waals surface area contributed by atoms with E-state index in [1.165, 1.54) is 4.31 Å². The van der Waals surface area contributed by atoms with Crippen molar-refractivity contribution in [1.82, 2.24) is 8.87 Å². The molecule has 0 unspecified atom stereocenters. The highest BCUT2D eigenvalue weighted by Gasteiger charge is 2.39. The van der Waals surface area contributed by atoms with Gasteiger partial charge in [-0.3, -0.25) is 4.79 Å². The van der Waals surface area contributed by atoms with Crippen molar-refractivity contribution >= 4 is 27.6 Å². The summed E-state index contributed by atoms with van der Waals surface area (Å²) in [6.45, 7) is 12.1. The molecule has 34 heavy (non-hydrogen) atoms. The van der Waals surface area contributed by atoms with Crippen LogP contribution in [-0.2, 0) is 26.1 Å². The topological polar surface area (TPSA) is 97.7 Å². The van der Waals surface area contributed by atoms with E-state index >= 15 is 0 Å². The van der Waals surface area contributed by atoms with Crippen molar-refractivity contribution < 1.29 is 22.7 Å². The minimum atomic E-state index is -4.02. The lowest BCUT2D eigenvalue weighted by Crippen LogP contribution is -2.44. The second-order valence-electron chi connectivity index (χ2n) is 8.83. The average molecular weight is 490 g/mol. The van der Waals surface area contributed by atoms with Crippen molar-refractivity contribution in [2.24, 2.45) is 5.92 Å². The third kappa shape index (κ3) is 4.90. The van der Waals surface area contributed by atoms with E-state index in [2.05, 4.69) is 5.32 Å². The number of ether oxygens (including phenoxy) is 1. The first-order valence-corrected chi connectivity index (χ1v) is 13.2. The minimum Gasteiger partial charge on any atom is -0.462 e. The fraction of sp³-hybridized carbons (Fsp3) is 0.520. The maximum atomic E-state index is 13.8. The molecule has 8 nitrogen and oxygen atoms in total. The number of nitrogens with one attached hydrogen (secondary N) is 1. The molecule has 1 amide bonds. The second kappa shape index (κ2) is 10.3. The lowest BCUT2D eigenvalue weighted by molar-refractivity contribution is -0.120. The summed E-state index contributed by atoms with van der Waals surface area (Å²) in [7, 11) is -4.02. The summed E-state index contributed by atoms with van der Waals surface area (Å²) in [6, 6.07) is 5.71. The number of aromatic nitrogens is 1. The number of carbonyl (C=O) groups is 2. The van der Waals surface area contributed by atoms with E-state index in [1.54, 1.807) is 20.8 Å². The number of aryl methyl sites for hydroxylation is 2. The summed E-state index contributed by atoms with van der Waals surface area (Å²) in [6.07, 6.45) is 1.16. The molecule has 0 radical (unpaired) electrons. The Labute approximate surface area is 202 Å². The number of piperidine rings is 1. The first kappa shape index (κ1) is 26.0. The molecule has 1 aliphatic rings. The summed E-state index contributed by atoms with van der Waals surface area (Å²) in [4.78, 5) is 25.7. The van der Waals surface area contributed by atoms with Gasteiger partial charge in [-0.05, 0) is 77.6 Å². The van der Waals surface area contributed by atoms with Crippen LogP contribution in [-0.4, -0.2) is 48.9 Å². The van der Waals surface area contributed by atoms with E-state index in [4.69, 9.17) is 4.74 Å². The molecule has 1 aromatic carbocycles. The van der Waals surface area contributed by atoms with Crippen LogP contribution >= 0.6 is 0 Å². The van der Waals surface area contributed by atoms with Crippen LogP contribution in [0.3, 0.4) is 0 Å². The number of hydrogen-bond donors (Lipinski definition) is 1. The Bertz CT molecular complexity index is 1200. The van der Waals surface area contributed by atoms with Gasteiger partial charge in [-0.25, -0.2) is 13.2 Å². The smallest absolute Gasteiger partial charge is 0.341 e. The van der Waals surface area contributed by atoms with E-state index in [0.717, 1.165) is 11.1 Å². The standard InChI is InChI=1S/C25H35N3O5S/c1-7-28-18(5)22(25(30)33-8-2)23(19(28)6)34(31,32)27-13-9-10-20(15-27)24(29)26-21-12-11-16(3)17(4)14-21/h11-12,14,20H,7-10,13,15H2,1-6H3,(H,26,29)/t20-/m0/s1. The van der Waals surface area contributed by atoms with Gasteiger partial charge in [0.25, 0.3) is 0 Å².